The van der Waals surface area contributed by atoms with Crippen LogP contribution in [0.3, 0.4) is 0 Å². The van der Waals surface area contributed by atoms with Crippen molar-refractivity contribution in [3.8, 4) is 0 Å². The Morgan fingerprint density at radius 2 is 2.00 bits per heavy atom. The molecule has 0 bridgehead atoms. The average Bonchev–Trinajstić information content (AvgIpc) is 2.53. The second-order valence-electron chi connectivity index (χ2n) is 5.59. The van der Waals surface area contributed by atoms with Gasteiger partial charge in [0.05, 0.1) is 5.56 Å². The van der Waals surface area contributed by atoms with Gasteiger partial charge in [-0.25, -0.2) is 4.79 Å². The van der Waals surface area contributed by atoms with Crippen LogP contribution in [-0.2, 0) is 9.53 Å². The lowest BCUT2D eigenvalue weighted by atomic mass is 10.0. The Morgan fingerprint density at radius 1 is 1.22 bits per heavy atom. The summed E-state index contributed by atoms with van der Waals surface area (Å²) in [6.45, 7) is 5.66. The molecule has 0 saturated heterocycles. The van der Waals surface area contributed by atoms with Crippen LogP contribution in [0, 0.1) is 6.92 Å². The number of hydrogen-bond acceptors (Lipinski definition) is 4. The molecule has 0 saturated carbocycles. The van der Waals surface area contributed by atoms with Gasteiger partial charge in [-0.1, -0.05) is 26.0 Å². The molecule has 0 aliphatic carbocycles. The first-order valence-electron chi connectivity index (χ1n) is 7.45. The molecule has 0 aliphatic rings. The number of nitrogens with one attached hydrogen (secondary N) is 1. The molecule has 0 aliphatic heterocycles. The van der Waals surface area contributed by atoms with Crippen molar-refractivity contribution in [2.75, 3.05) is 11.9 Å². The van der Waals surface area contributed by atoms with Gasteiger partial charge >= 0.3 is 5.97 Å². The molecule has 1 aromatic heterocycles. The zero-order valence-corrected chi connectivity index (χ0v) is 13.5. The number of esters is 1. The predicted octanol–water partition coefficient (Wildman–Crippen LogP) is 3.31. The zero-order valence-electron chi connectivity index (χ0n) is 13.5. The van der Waals surface area contributed by atoms with E-state index in [2.05, 4.69) is 24.1 Å². The molecule has 2 aromatic rings. The molecule has 23 heavy (non-hydrogen) atoms. The summed E-state index contributed by atoms with van der Waals surface area (Å²) in [5.74, 6) is -0.568. The second-order valence-corrected chi connectivity index (χ2v) is 5.59. The van der Waals surface area contributed by atoms with E-state index in [1.165, 1.54) is 6.20 Å². The number of carbonyl (C=O) groups excluding carboxylic acids is 2. The van der Waals surface area contributed by atoms with Crippen molar-refractivity contribution in [2.45, 2.75) is 26.7 Å². The van der Waals surface area contributed by atoms with Crippen molar-refractivity contribution in [3.63, 3.8) is 0 Å². The highest BCUT2D eigenvalue weighted by atomic mass is 16.5. The summed E-state index contributed by atoms with van der Waals surface area (Å²) < 4.78 is 4.99. The highest BCUT2D eigenvalue weighted by molar-refractivity contribution is 5.95. The van der Waals surface area contributed by atoms with Crippen LogP contribution in [0.15, 0.2) is 42.6 Å². The summed E-state index contributed by atoms with van der Waals surface area (Å²) >= 11 is 0. The van der Waals surface area contributed by atoms with Crippen LogP contribution in [0.2, 0.25) is 0 Å². The number of benzene rings is 1. The maximum Gasteiger partial charge on any atom is 0.340 e. The molecule has 120 valence electrons. The Balaban J connectivity index is 1.89. The van der Waals surface area contributed by atoms with Gasteiger partial charge in [0.1, 0.15) is 0 Å². The van der Waals surface area contributed by atoms with Gasteiger partial charge in [0.2, 0.25) is 0 Å². The van der Waals surface area contributed by atoms with Gasteiger partial charge in [-0.2, -0.15) is 0 Å². The minimum atomic E-state index is -0.566. The maximum atomic E-state index is 11.9. The quantitative estimate of drug-likeness (QED) is 0.860. The summed E-state index contributed by atoms with van der Waals surface area (Å²) in [4.78, 5) is 27.7. The van der Waals surface area contributed by atoms with Gasteiger partial charge in [-0.05, 0) is 42.7 Å². The number of pyridine rings is 1. The van der Waals surface area contributed by atoms with Crippen LogP contribution in [0.1, 0.15) is 41.4 Å². The molecule has 0 fully saturated rings. The Bertz CT molecular complexity index is 694. The lowest BCUT2D eigenvalue weighted by Gasteiger charge is -2.10. The van der Waals surface area contributed by atoms with Crippen molar-refractivity contribution in [1.82, 2.24) is 4.98 Å². The van der Waals surface area contributed by atoms with Crippen LogP contribution in [-0.4, -0.2) is 23.5 Å². The number of aromatic nitrogens is 1. The second kappa shape index (κ2) is 7.54. The molecule has 5 heteroatoms. The number of nitrogens with zero attached hydrogens (tertiary/aromatic N) is 1. The topological polar surface area (TPSA) is 68.3 Å². The third-order valence-corrected chi connectivity index (χ3v) is 3.32. The number of ether oxygens (including phenoxy) is 1. The maximum absolute atomic E-state index is 11.9. The highest BCUT2D eigenvalue weighted by Gasteiger charge is 2.11. The number of rotatable bonds is 5. The molecule has 1 heterocycles. The van der Waals surface area contributed by atoms with Gasteiger partial charge in [0.25, 0.3) is 5.91 Å². The van der Waals surface area contributed by atoms with Crippen molar-refractivity contribution < 1.29 is 14.3 Å². The summed E-state index contributed by atoms with van der Waals surface area (Å²) in [5.41, 5.74) is 2.95. The zero-order chi connectivity index (χ0) is 16.8. The molecule has 1 aromatic carbocycles. The van der Waals surface area contributed by atoms with Crippen LogP contribution in [0.5, 0.6) is 0 Å². The molecular weight excluding hydrogens is 292 g/mol. The van der Waals surface area contributed by atoms with Crippen LogP contribution >= 0.6 is 0 Å². The molecule has 5 nitrogen and oxygen atoms in total. The molecular formula is C18H20N2O3. The predicted molar refractivity (Wildman–Crippen MR) is 88.4 cm³/mol. The van der Waals surface area contributed by atoms with E-state index in [-0.39, 0.29) is 12.5 Å². The Morgan fingerprint density at radius 3 is 2.65 bits per heavy atom. The van der Waals surface area contributed by atoms with Crippen molar-refractivity contribution >= 4 is 17.6 Å². The monoisotopic (exact) mass is 312 g/mol. The molecule has 0 spiro atoms. The fraction of sp³-hybridized carbons (Fsp3) is 0.278. The Hall–Kier alpha value is -2.69. The summed E-state index contributed by atoms with van der Waals surface area (Å²) in [7, 11) is 0. The minimum Gasteiger partial charge on any atom is -0.452 e. The first-order valence-corrected chi connectivity index (χ1v) is 7.45. The molecule has 0 unspecified atom stereocenters. The van der Waals surface area contributed by atoms with Crippen LogP contribution in [0.4, 0.5) is 5.69 Å². The van der Waals surface area contributed by atoms with Gasteiger partial charge < -0.3 is 10.1 Å². The molecule has 1 amide bonds. The molecule has 0 radical (unpaired) electrons. The summed E-state index contributed by atoms with van der Waals surface area (Å²) in [6.07, 6.45) is 1.43. The van der Waals surface area contributed by atoms with E-state index < -0.39 is 5.97 Å². The Labute approximate surface area is 135 Å². The van der Waals surface area contributed by atoms with E-state index >= 15 is 0 Å². The number of hydrogen-bond donors (Lipinski definition) is 1. The summed E-state index contributed by atoms with van der Waals surface area (Å²) in [6, 6.07) is 10.9. The standard InChI is InChI=1S/C18H20N2O3/c1-12(2)14-5-4-6-16(9-14)20-17(21)11-23-18(22)15-8-7-13(3)19-10-15/h4-10,12H,11H2,1-3H3,(H,20,21). The first kappa shape index (κ1) is 16.7. The Kier molecular flexibility index (Phi) is 5.46. The van der Waals surface area contributed by atoms with Gasteiger partial charge in [0, 0.05) is 17.6 Å². The molecule has 1 N–H and O–H groups in total. The van der Waals surface area contributed by atoms with E-state index in [0.717, 1.165) is 11.3 Å². The van der Waals surface area contributed by atoms with Crippen molar-refractivity contribution in [3.05, 3.63) is 59.4 Å². The third kappa shape index (κ3) is 4.92. The van der Waals surface area contributed by atoms with Gasteiger partial charge in [0.15, 0.2) is 6.61 Å². The van der Waals surface area contributed by atoms with E-state index in [9.17, 15) is 9.59 Å². The fourth-order valence-electron chi connectivity index (χ4n) is 1.98. The van der Waals surface area contributed by atoms with E-state index in [1.807, 2.05) is 25.1 Å². The lowest BCUT2D eigenvalue weighted by Crippen LogP contribution is -2.21. The minimum absolute atomic E-state index is 0.324. The van der Waals surface area contributed by atoms with Gasteiger partial charge in [-0.3, -0.25) is 9.78 Å². The van der Waals surface area contributed by atoms with E-state index in [1.54, 1.807) is 18.2 Å². The average molecular weight is 312 g/mol. The SMILES string of the molecule is Cc1ccc(C(=O)OCC(=O)Nc2cccc(C(C)C)c2)cn1. The highest BCUT2D eigenvalue weighted by Crippen LogP contribution is 2.18. The van der Waals surface area contributed by atoms with E-state index in [4.69, 9.17) is 4.74 Å². The normalized spacial score (nSPS) is 10.4. The fourth-order valence-corrected chi connectivity index (χ4v) is 1.98. The van der Waals surface area contributed by atoms with E-state index in [0.29, 0.717) is 17.2 Å². The largest absolute Gasteiger partial charge is 0.452 e. The van der Waals surface area contributed by atoms with Crippen molar-refractivity contribution in [1.29, 1.82) is 0 Å². The van der Waals surface area contributed by atoms with Crippen molar-refractivity contribution in [2.24, 2.45) is 0 Å². The first-order chi connectivity index (χ1) is 11.0. The van der Waals surface area contributed by atoms with Gasteiger partial charge in [-0.15, -0.1) is 0 Å². The number of anilines is 1. The lowest BCUT2D eigenvalue weighted by molar-refractivity contribution is -0.119. The third-order valence-electron chi connectivity index (χ3n) is 3.32. The summed E-state index contributed by atoms with van der Waals surface area (Å²) in [5, 5.41) is 2.72. The number of carbonyl (C=O) groups is 2. The number of amides is 1. The molecule has 2 rings (SSSR count). The number of aryl methyl sites for hydroxylation is 1. The molecule has 0 atom stereocenters. The van der Waals surface area contributed by atoms with Crippen LogP contribution < -0.4 is 5.32 Å². The smallest absolute Gasteiger partial charge is 0.340 e. The van der Waals surface area contributed by atoms with Crippen LogP contribution in [0.25, 0.3) is 0 Å².